The standard InChI is InChI=1S/C17H18ClN5OS/c1-11-13(18)3-4-14-15(11)20-17(25-14)23-7-5-22(6-8-23)16(24)12-9-19-21(2)10-12/h3-4,9-10H,5-8H2,1-2H3. The van der Waals surface area contributed by atoms with Crippen molar-refractivity contribution in [2.45, 2.75) is 6.92 Å². The third kappa shape index (κ3) is 2.98. The van der Waals surface area contributed by atoms with E-state index in [4.69, 9.17) is 16.6 Å². The van der Waals surface area contributed by atoms with Crippen molar-refractivity contribution in [2.75, 3.05) is 31.1 Å². The number of halogens is 1. The number of rotatable bonds is 2. The highest BCUT2D eigenvalue weighted by molar-refractivity contribution is 7.22. The van der Waals surface area contributed by atoms with Gasteiger partial charge in [0.25, 0.3) is 5.91 Å². The van der Waals surface area contributed by atoms with Gasteiger partial charge in [0.2, 0.25) is 0 Å². The van der Waals surface area contributed by atoms with Crippen molar-refractivity contribution in [2.24, 2.45) is 7.05 Å². The fraction of sp³-hybridized carbons (Fsp3) is 0.353. The predicted molar refractivity (Wildman–Crippen MR) is 101 cm³/mol. The molecule has 4 rings (SSSR count). The molecule has 0 unspecified atom stereocenters. The molecule has 0 N–H and O–H groups in total. The van der Waals surface area contributed by atoms with E-state index in [2.05, 4.69) is 10.00 Å². The first-order valence-electron chi connectivity index (χ1n) is 8.11. The van der Waals surface area contributed by atoms with Crippen LogP contribution in [0.2, 0.25) is 5.02 Å². The number of aromatic nitrogens is 3. The molecule has 1 aliphatic heterocycles. The molecule has 0 radical (unpaired) electrons. The SMILES string of the molecule is Cc1c(Cl)ccc2sc(N3CCN(C(=O)c4cnn(C)c4)CC3)nc12. The molecule has 0 saturated carbocycles. The van der Waals surface area contributed by atoms with Crippen LogP contribution in [0.5, 0.6) is 0 Å². The molecule has 0 spiro atoms. The lowest BCUT2D eigenvalue weighted by Gasteiger charge is -2.34. The fourth-order valence-corrected chi connectivity index (χ4v) is 4.27. The van der Waals surface area contributed by atoms with Crippen LogP contribution < -0.4 is 4.90 Å². The van der Waals surface area contributed by atoms with Crippen LogP contribution in [0.4, 0.5) is 5.13 Å². The quantitative estimate of drug-likeness (QED) is 0.691. The predicted octanol–water partition coefficient (Wildman–Crippen LogP) is 2.95. The molecule has 2 aromatic heterocycles. The van der Waals surface area contributed by atoms with Gasteiger partial charge in [-0.2, -0.15) is 5.10 Å². The van der Waals surface area contributed by atoms with Crippen molar-refractivity contribution in [1.82, 2.24) is 19.7 Å². The van der Waals surface area contributed by atoms with Gasteiger partial charge in [-0.25, -0.2) is 4.98 Å². The third-order valence-corrected chi connectivity index (χ3v) is 6.02. The summed E-state index contributed by atoms with van der Waals surface area (Å²) in [6.07, 6.45) is 3.38. The van der Waals surface area contributed by atoms with Crippen molar-refractivity contribution in [3.05, 3.63) is 40.7 Å². The molecule has 3 aromatic rings. The second kappa shape index (κ2) is 6.31. The lowest BCUT2D eigenvalue weighted by atomic mass is 10.2. The van der Waals surface area contributed by atoms with Gasteiger partial charge in [0.15, 0.2) is 5.13 Å². The van der Waals surface area contributed by atoms with Crippen LogP contribution in [0, 0.1) is 6.92 Å². The first-order chi connectivity index (χ1) is 12.0. The van der Waals surface area contributed by atoms with Crippen LogP contribution in [-0.4, -0.2) is 51.8 Å². The zero-order valence-electron chi connectivity index (χ0n) is 14.1. The fourth-order valence-electron chi connectivity index (χ4n) is 3.04. The van der Waals surface area contributed by atoms with Gasteiger partial charge in [-0.1, -0.05) is 22.9 Å². The molecule has 1 amide bonds. The van der Waals surface area contributed by atoms with Crippen LogP contribution in [0.1, 0.15) is 15.9 Å². The Morgan fingerprint density at radius 3 is 2.68 bits per heavy atom. The Kier molecular flexibility index (Phi) is 4.13. The van der Waals surface area contributed by atoms with Gasteiger partial charge in [-0.15, -0.1) is 0 Å². The van der Waals surface area contributed by atoms with Crippen molar-refractivity contribution in [3.8, 4) is 0 Å². The second-order valence-corrected chi connectivity index (χ2v) is 7.61. The van der Waals surface area contributed by atoms with E-state index in [1.807, 2.05) is 31.0 Å². The molecule has 0 bridgehead atoms. The lowest BCUT2D eigenvalue weighted by molar-refractivity contribution is 0.0746. The molecule has 8 heteroatoms. The monoisotopic (exact) mass is 375 g/mol. The molecule has 130 valence electrons. The molecule has 0 aliphatic carbocycles. The molecule has 1 aromatic carbocycles. The number of hydrogen-bond acceptors (Lipinski definition) is 5. The number of nitrogens with zero attached hydrogens (tertiary/aromatic N) is 5. The highest BCUT2D eigenvalue weighted by Gasteiger charge is 2.24. The molecule has 1 fully saturated rings. The van der Waals surface area contributed by atoms with Gasteiger partial charge in [0, 0.05) is 44.4 Å². The van der Waals surface area contributed by atoms with E-state index in [9.17, 15) is 4.79 Å². The Bertz CT molecular complexity index is 942. The maximum absolute atomic E-state index is 12.5. The van der Waals surface area contributed by atoms with Gasteiger partial charge in [0.05, 0.1) is 22.0 Å². The number of aryl methyl sites for hydroxylation is 2. The van der Waals surface area contributed by atoms with E-state index in [1.54, 1.807) is 28.4 Å². The first-order valence-corrected chi connectivity index (χ1v) is 9.31. The van der Waals surface area contributed by atoms with Crippen molar-refractivity contribution < 1.29 is 4.79 Å². The third-order valence-electron chi connectivity index (χ3n) is 4.53. The highest BCUT2D eigenvalue weighted by Crippen LogP contribution is 2.33. The first kappa shape index (κ1) is 16.4. The minimum Gasteiger partial charge on any atom is -0.345 e. The van der Waals surface area contributed by atoms with Gasteiger partial charge in [0.1, 0.15) is 0 Å². The Labute approximate surface area is 154 Å². The highest BCUT2D eigenvalue weighted by atomic mass is 35.5. The Balaban J connectivity index is 1.48. The normalized spacial score (nSPS) is 15.2. The van der Waals surface area contributed by atoms with Crippen molar-refractivity contribution >= 4 is 44.2 Å². The molecule has 3 heterocycles. The molecule has 0 atom stereocenters. The molecule has 1 saturated heterocycles. The molecule has 6 nitrogen and oxygen atoms in total. The summed E-state index contributed by atoms with van der Waals surface area (Å²) in [4.78, 5) is 21.4. The number of carbonyl (C=O) groups excluding carboxylic acids is 1. The summed E-state index contributed by atoms with van der Waals surface area (Å²) in [5.74, 6) is 0.0414. The van der Waals surface area contributed by atoms with E-state index >= 15 is 0 Å². The van der Waals surface area contributed by atoms with Crippen LogP contribution in [0.25, 0.3) is 10.2 Å². The summed E-state index contributed by atoms with van der Waals surface area (Å²) in [7, 11) is 1.82. The smallest absolute Gasteiger partial charge is 0.257 e. The van der Waals surface area contributed by atoms with E-state index in [0.29, 0.717) is 18.7 Å². The van der Waals surface area contributed by atoms with Crippen LogP contribution in [0.15, 0.2) is 24.5 Å². The number of anilines is 1. The average Bonchev–Trinajstić information content (AvgIpc) is 3.24. The molecule has 1 aliphatic rings. The summed E-state index contributed by atoms with van der Waals surface area (Å²) in [6, 6.07) is 3.94. The van der Waals surface area contributed by atoms with E-state index < -0.39 is 0 Å². The van der Waals surface area contributed by atoms with E-state index in [0.717, 1.165) is 39.0 Å². The lowest BCUT2D eigenvalue weighted by Crippen LogP contribution is -2.48. The topological polar surface area (TPSA) is 54.3 Å². The number of piperazine rings is 1. The molecule has 25 heavy (non-hydrogen) atoms. The van der Waals surface area contributed by atoms with Crippen LogP contribution >= 0.6 is 22.9 Å². The number of benzene rings is 1. The number of amides is 1. The summed E-state index contributed by atoms with van der Waals surface area (Å²) in [5.41, 5.74) is 2.63. The second-order valence-electron chi connectivity index (χ2n) is 6.20. The number of carbonyl (C=O) groups is 1. The van der Waals surface area contributed by atoms with Crippen molar-refractivity contribution in [1.29, 1.82) is 0 Å². The summed E-state index contributed by atoms with van der Waals surface area (Å²) in [5, 5.41) is 5.82. The number of thiazole rings is 1. The maximum Gasteiger partial charge on any atom is 0.257 e. The Hall–Kier alpha value is -2.12. The minimum atomic E-state index is 0.0414. The number of hydrogen-bond donors (Lipinski definition) is 0. The van der Waals surface area contributed by atoms with E-state index in [1.165, 1.54) is 0 Å². The Morgan fingerprint density at radius 1 is 1.24 bits per heavy atom. The largest absolute Gasteiger partial charge is 0.345 e. The molecular formula is C17H18ClN5OS. The summed E-state index contributed by atoms with van der Waals surface area (Å²) >= 11 is 7.87. The zero-order chi connectivity index (χ0) is 17.6. The van der Waals surface area contributed by atoms with Gasteiger partial charge in [-0.3, -0.25) is 9.48 Å². The maximum atomic E-state index is 12.5. The van der Waals surface area contributed by atoms with Gasteiger partial charge >= 0.3 is 0 Å². The van der Waals surface area contributed by atoms with Crippen LogP contribution in [0.3, 0.4) is 0 Å². The van der Waals surface area contributed by atoms with Gasteiger partial charge < -0.3 is 9.80 Å². The average molecular weight is 376 g/mol. The van der Waals surface area contributed by atoms with Crippen LogP contribution in [-0.2, 0) is 7.05 Å². The number of fused-ring (bicyclic) bond motifs is 1. The summed E-state index contributed by atoms with van der Waals surface area (Å²) < 4.78 is 2.80. The minimum absolute atomic E-state index is 0.0414. The van der Waals surface area contributed by atoms with E-state index in [-0.39, 0.29) is 5.91 Å². The zero-order valence-corrected chi connectivity index (χ0v) is 15.6. The Morgan fingerprint density at radius 2 is 2.00 bits per heavy atom. The summed E-state index contributed by atoms with van der Waals surface area (Å²) in [6.45, 7) is 4.92. The van der Waals surface area contributed by atoms with Gasteiger partial charge in [-0.05, 0) is 24.6 Å². The van der Waals surface area contributed by atoms with Crippen molar-refractivity contribution in [3.63, 3.8) is 0 Å². The molecular weight excluding hydrogens is 358 g/mol.